The zero-order chi connectivity index (χ0) is 33.1. The molecule has 0 spiro atoms. The molecule has 254 valence electrons. The van der Waals surface area contributed by atoms with Crippen LogP contribution in [0.1, 0.15) is 80.3 Å². The zero-order valence-corrected chi connectivity index (χ0v) is 29.2. The Bertz CT molecular complexity index is 1250. The van der Waals surface area contributed by atoms with Gasteiger partial charge >= 0.3 is 0 Å². The summed E-state index contributed by atoms with van der Waals surface area (Å²) in [6.07, 6.45) is 4.78. The molecular weight excluding hydrogens is 580 g/mol. The first-order valence-electron chi connectivity index (χ1n) is 18.2. The summed E-state index contributed by atoms with van der Waals surface area (Å²) < 4.78 is 0. The van der Waals surface area contributed by atoms with Crippen LogP contribution in [0.25, 0.3) is 0 Å². The minimum Gasteiger partial charge on any atom is -0.392 e. The number of aliphatic hydroxyl groups is 2. The highest BCUT2D eigenvalue weighted by atomic mass is 16.3. The van der Waals surface area contributed by atoms with Crippen LogP contribution in [0.15, 0.2) is 72.8 Å². The van der Waals surface area contributed by atoms with Crippen molar-refractivity contribution in [2.45, 2.75) is 108 Å². The van der Waals surface area contributed by atoms with Gasteiger partial charge in [0.2, 0.25) is 0 Å². The van der Waals surface area contributed by atoms with Gasteiger partial charge in [0.05, 0.1) is 12.2 Å². The Morgan fingerprint density at radius 1 is 0.574 bits per heavy atom. The number of rotatable bonds is 18. The number of aryl methyl sites for hydroxylation is 3. The maximum absolute atomic E-state index is 10.5. The lowest BCUT2D eigenvalue weighted by atomic mass is 9.70. The fourth-order valence-electron chi connectivity index (χ4n) is 7.29. The highest BCUT2D eigenvalue weighted by Gasteiger charge is 2.33. The van der Waals surface area contributed by atoms with E-state index in [4.69, 9.17) is 5.73 Å². The molecule has 0 amide bonds. The van der Waals surface area contributed by atoms with E-state index in [-0.39, 0.29) is 23.7 Å². The topological polar surface area (TPSA) is 75.5 Å². The molecule has 6 nitrogen and oxygen atoms in total. The van der Waals surface area contributed by atoms with E-state index in [9.17, 15) is 10.2 Å². The molecule has 0 radical (unpaired) electrons. The number of nitrogens with zero attached hydrogens (tertiary/aromatic N) is 3. The molecule has 6 rings (SSSR count). The van der Waals surface area contributed by atoms with E-state index in [1.165, 1.54) is 39.9 Å². The lowest BCUT2D eigenvalue weighted by molar-refractivity contribution is 0.142. The summed E-state index contributed by atoms with van der Waals surface area (Å²) in [4.78, 5) is 7.09. The van der Waals surface area contributed by atoms with Gasteiger partial charge in [-0.15, -0.1) is 0 Å². The molecule has 9 atom stereocenters. The number of hydrogen-bond acceptors (Lipinski definition) is 6. The van der Waals surface area contributed by atoms with Crippen LogP contribution in [0.5, 0.6) is 0 Å². The molecule has 4 N–H and O–H groups in total. The van der Waals surface area contributed by atoms with Crippen molar-refractivity contribution in [3.8, 4) is 0 Å². The van der Waals surface area contributed by atoms with Crippen LogP contribution in [0.3, 0.4) is 0 Å². The fraction of sp³-hybridized carbons (Fsp3) is 0.561. The average Bonchev–Trinajstić information content (AvgIpc) is 4.04. The third-order valence-electron chi connectivity index (χ3n) is 11.3. The van der Waals surface area contributed by atoms with Gasteiger partial charge in [-0.2, -0.15) is 0 Å². The molecule has 3 aromatic carbocycles. The SMILES string of the molecule is CC1CN1CC(N)CCc1ccc(C(C)(c2ccc(CCC(O)CN3CC3C)cc2)c2ccc(CCC(O)CN3CC3C)cc2)cc1. The highest BCUT2D eigenvalue weighted by molar-refractivity contribution is 5.51. The molecule has 3 fully saturated rings. The Kier molecular flexibility index (Phi) is 10.9. The molecule has 0 aliphatic carbocycles. The van der Waals surface area contributed by atoms with Crippen LogP contribution in [0.2, 0.25) is 0 Å². The molecule has 9 unspecified atom stereocenters. The predicted molar refractivity (Wildman–Crippen MR) is 193 cm³/mol. The molecule has 0 saturated carbocycles. The molecule has 0 aromatic heterocycles. The first-order chi connectivity index (χ1) is 22.6. The Labute approximate surface area is 283 Å². The van der Waals surface area contributed by atoms with Crippen molar-refractivity contribution >= 4 is 0 Å². The average molecular weight is 639 g/mol. The zero-order valence-electron chi connectivity index (χ0n) is 29.2. The van der Waals surface area contributed by atoms with Gasteiger partial charge in [0.25, 0.3) is 0 Å². The lowest BCUT2D eigenvalue weighted by Gasteiger charge is -2.32. The largest absolute Gasteiger partial charge is 0.392 e. The summed E-state index contributed by atoms with van der Waals surface area (Å²) in [5.41, 5.74) is 13.8. The van der Waals surface area contributed by atoms with Gasteiger partial charge in [-0.3, -0.25) is 14.7 Å². The number of nitrogens with two attached hydrogens (primary N) is 1. The Hall–Kier alpha value is -2.58. The highest BCUT2D eigenvalue weighted by Crippen LogP contribution is 2.39. The van der Waals surface area contributed by atoms with Crippen LogP contribution < -0.4 is 5.73 Å². The number of aliphatic hydroxyl groups excluding tert-OH is 2. The van der Waals surface area contributed by atoms with Gasteiger partial charge in [-0.05, 0) is 99.6 Å². The van der Waals surface area contributed by atoms with Crippen molar-refractivity contribution in [3.05, 3.63) is 106 Å². The lowest BCUT2D eigenvalue weighted by Crippen LogP contribution is -2.30. The van der Waals surface area contributed by atoms with Crippen LogP contribution in [-0.4, -0.2) is 101 Å². The molecule has 3 aromatic rings. The van der Waals surface area contributed by atoms with E-state index in [1.807, 2.05) is 0 Å². The molecule has 0 bridgehead atoms. The molecule has 3 heterocycles. The molecule has 3 aliphatic rings. The first kappa shape index (κ1) is 34.3. The van der Waals surface area contributed by atoms with Crippen molar-refractivity contribution in [1.82, 2.24) is 14.7 Å². The third-order valence-corrected chi connectivity index (χ3v) is 11.3. The van der Waals surface area contributed by atoms with Crippen molar-refractivity contribution in [2.75, 3.05) is 39.3 Å². The number of hydrogen-bond donors (Lipinski definition) is 3. The van der Waals surface area contributed by atoms with Crippen molar-refractivity contribution in [3.63, 3.8) is 0 Å². The summed E-state index contributed by atoms with van der Waals surface area (Å²) >= 11 is 0. The van der Waals surface area contributed by atoms with Gasteiger partial charge in [0.15, 0.2) is 0 Å². The molecule has 47 heavy (non-hydrogen) atoms. The summed E-state index contributed by atoms with van der Waals surface area (Å²) in [5.74, 6) is 0. The van der Waals surface area contributed by atoms with Gasteiger partial charge < -0.3 is 15.9 Å². The maximum atomic E-state index is 10.5. The second kappa shape index (κ2) is 14.9. The van der Waals surface area contributed by atoms with Crippen LogP contribution >= 0.6 is 0 Å². The van der Waals surface area contributed by atoms with Gasteiger partial charge in [0.1, 0.15) is 0 Å². The fourth-order valence-corrected chi connectivity index (χ4v) is 7.29. The third kappa shape index (κ3) is 9.11. The minimum atomic E-state index is -0.328. The maximum Gasteiger partial charge on any atom is 0.0670 e. The van der Waals surface area contributed by atoms with E-state index in [0.717, 1.165) is 71.2 Å². The van der Waals surface area contributed by atoms with Gasteiger partial charge in [-0.25, -0.2) is 0 Å². The normalized spacial score (nSPS) is 27.9. The van der Waals surface area contributed by atoms with E-state index in [0.29, 0.717) is 18.1 Å². The summed E-state index contributed by atoms with van der Waals surface area (Å²) in [6.45, 7) is 15.0. The van der Waals surface area contributed by atoms with E-state index < -0.39 is 0 Å². The summed E-state index contributed by atoms with van der Waals surface area (Å²) in [7, 11) is 0. The standard InChI is InChI=1S/C41H58N4O2/c1-29-23-43(29)26-38(42)20-11-32-5-14-35(15-6-32)41(4,36-16-7-33(8-17-36)12-21-39(46)27-44-24-30(44)2)37-18-9-34(10-19-37)13-22-40(47)28-45-25-31(45)3/h5-10,14-19,29-31,38-40,46-47H,11-13,20-28,42H2,1-4H3. The van der Waals surface area contributed by atoms with Crippen molar-refractivity contribution < 1.29 is 10.2 Å². The second-order valence-electron chi connectivity index (χ2n) is 15.3. The Morgan fingerprint density at radius 2 is 0.872 bits per heavy atom. The summed E-state index contributed by atoms with van der Waals surface area (Å²) in [6, 6.07) is 29.5. The predicted octanol–water partition coefficient (Wildman–Crippen LogP) is 5.00. The second-order valence-corrected chi connectivity index (χ2v) is 15.3. The van der Waals surface area contributed by atoms with Crippen LogP contribution in [-0.2, 0) is 24.7 Å². The van der Waals surface area contributed by atoms with E-state index >= 15 is 0 Å². The van der Waals surface area contributed by atoms with Crippen LogP contribution in [0.4, 0.5) is 0 Å². The Morgan fingerprint density at radius 3 is 1.19 bits per heavy atom. The quantitative estimate of drug-likeness (QED) is 0.135. The van der Waals surface area contributed by atoms with Crippen molar-refractivity contribution in [1.29, 1.82) is 0 Å². The smallest absolute Gasteiger partial charge is 0.0670 e. The van der Waals surface area contributed by atoms with Gasteiger partial charge in [-0.1, -0.05) is 72.8 Å². The van der Waals surface area contributed by atoms with E-state index in [1.54, 1.807) is 0 Å². The van der Waals surface area contributed by atoms with Crippen LogP contribution in [0, 0.1) is 0 Å². The molecule has 6 heteroatoms. The van der Waals surface area contributed by atoms with Gasteiger partial charge in [0, 0.05) is 68.9 Å². The summed E-state index contributed by atoms with van der Waals surface area (Å²) in [5, 5.41) is 21.1. The van der Waals surface area contributed by atoms with Crippen molar-refractivity contribution in [2.24, 2.45) is 5.73 Å². The number of β-amino-alcohol motifs (C(OH)–C–C–N with tert-alkyl or cyclic N) is 2. The number of benzene rings is 3. The first-order valence-corrected chi connectivity index (χ1v) is 18.2. The molecule has 3 aliphatic heterocycles. The minimum absolute atomic E-state index is 0.216. The molecular formula is C41H58N4O2. The van der Waals surface area contributed by atoms with E-state index in [2.05, 4.69) is 115 Å². The molecule has 3 saturated heterocycles. The Balaban J connectivity index is 1.15. The monoisotopic (exact) mass is 638 g/mol.